The van der Waals surface area contributed by atoms with E-state index in [0.29, 0.717) is 30.5 Å². The van der Waals surface area contributed by atoms with Gasteiger partial charge in [0.15, 0.2) is 0 Å². The van der Waals surface area contributed by atoms with Crippen LogP contribution in [0.5, 0.6) is 11.6 Å². The highest BCUT2D eigenvalue weighted by molar-refractivity contribution is 5.92. The highest BCUT2D eigenvalue weighted by atomic mass is 19.1. The standard InChI is InChI=1S/C17H17FN2O3/c18-13-2-1-3-15(10-13)23-16-5-4-14(11-19-16)20-17(21)12-6-8-22-9-7-12/h1-5,10-12H,6-9H2,(H,20,21). The summed E-state index contributed by atoms with van der Waals surface area (Å²) in [5.74, 6) is 0.292. The number of hydrogen-bond acceptors (Lipinski definition) is 4. The number of ether oxygens (including phenoxy) is 2. The molecule has 1 amide bonds. The summed E-state index contributed by atoms with van der Waals surface area (Å²) in [7, 11) is 0. The quantitative estimate of drug-likeness (QED) is 0.939. The molecule has 1 aliphatic rings. The molecule has 0 saturated carbocycles. The van der Waals surface area contributed by atoms with E-state index in [-0.39, 0.29) is 17.6 Å². The first-order valence-corrected chi connectivity index (χ1v) is 7.49. The average Bonchev–Trinajstić information content (AvgIpc) is 2.57. The maximum Gasteiger partial charge on any atom is 0.227 e. The highest BCUT2D eigenvalue weighted by Gasteiger charge is 2.21. The molecular weight excluding hydrogens is 299 g/mol. The molecule has 120 valence electrons. The van der Waals surface area contributed by atoms with E-state index < -0.39 is 0 Å². The molecule has 1 fully saturated rings. The van der Waals surface area contributed by atoms with E-state index in [4.69, 9.17) is 9.47 Å². The molecule has 0 bridgehead atoms. The lowest BCUT2D eigenvalue weighted by Gasteiger charge is -2.21. The summed E-state index contributed by atoms with van der Waals surface area (Å²) >= 11 is 0. The summed E-state index contributed by atoms with van der Waals surface area (Å²) in [6.07, 6.45) is 2.99. The van der Waals surface area contributed by atoms with Crippen molar-refractivity contribution >= 4 is 11.6 Å². The van der Waals surface area contributed by atoms with Crippen molar-refractivity contribution in [1.82, 2.24) is 4.98 Å². The largest absolute Gasteiger partial charge is 0.439 e. The van der Waals surface area contributed by atoms with Crippen molar-refractivity contribution in [2.45, 2.75) is 12.8 Å². The summed E-state index contributed by atoms with van der Waals surface area (Å²) in [4.78, 5) is 16.2. The van der Waals surface area contributed by atoms with E-state index in [1.807, 2.05) is 0 Å². The lowest BCUT2D eigenvalue weighted by molar-refractivity contribution is -0.122. The first-order chi connectivity index (χ1) is 11.2. The normalized spacial score (nSPS) is 15.2. The number of amides is 1. The number of aromatic nitrogens is 1. The third-order valence-corrected chi connectivity index (χ3v) is 3.61. The van der Waals surface area contributed by atoms with Gasteiger partial charge in [0.2, 0.25) is 11.8 Å². The van der Waals surface area contributed by atoms with Crippen LogP contribution in [0.25, 0.3) is 0 Å². The van der Waals surface area contributed by atoms with Crippen molar-refractivity contribution < 1.29 is 18.7 Å². The lowest BCUT2D eigenvalue weighted by Crippen LogP contribution is -2.28. The van der Waals surface area contributed by atoms with Gasteiger partial charge >= 0.3 is 0 Å². The monoisotopic (exact) mass is 316 g/mol. The van der Waals surface area contributed by atoms with Gasteiger partial charge in [0, 0.05) is 31.3 Å². The number of hydrogen-bond donors (Lipinski definition) is 1. The third-order valence-electron chi connectivity index (χ3n) is 3.61. The van der Waals surface area contributed by atoms with Crippen molar-refractivity contribution in [2.75, 3.05) is 18.5 Å². The fourth-order valence-corrected chi connectivity index (χ4v) is 2.37. The molecule has 1 N–H and O–H groups in total. The van der Waals surface area contributed by atoms with Crippen LogP contribution in [0.2, 0.25) is 0 Å². The molecule has 2 aromatic rings. The molecule has 1 aliphatic heterocycles. The van der Waals surface area contributed by atoms with Crippen LogP contribution in [0, 0.1) is 11.7 Å². The number of carbonyl (C=O) groups is 1. The zero-order valence-corrected chi connectivity index (χ0v) is 12.5. The Kier molecular flexibility index (Phi) is 4.83. The number of halogens is 1. The Morgan fingerprint density at radius 3 is 2.78 bits per heavy atom. The smallest absolute Gasteiger partial charge is 0.227 e. The van der Waals surface area contributed by atoms with Crippen LogP contribution in [-0.4, -0.2) is 24.1 Å². The van der Waals surface area contributed by atoms with Crippen LogP contribution >= 0.6 is 0 Å². The molecule has 0 spiro atoms. The Balaban J connectivity index is 1.59. The van der Waals surface area contributed by atoms with E-state index in [1.54, 1.807) is 24.3 Å². The van der Waals surface area contributed by atoms with E-state index in [1.165, 1.54) is 18.3 Å². The molecule has 3 rings (SSSR count). The van der Waals surface area contributed by atoms with Gasteiger partial charge in [0.1, 0.15) is 11.6 Å². The second-order valence-electron chi connectivity index (χ2n) is 5.32. The minimum atomic E-state index is -0.372. The second-order valence-corrected chi connectivity index (χ2v) is 5.32. The molecular formula is C17H17FN2O3. The van der Waals surface area contributed by atoms with Crippen LogP contribution in [-0.2, 0) is 9.53 Å². The Morgan fingerprint density at radius 1 is 1.26 bits per heavy atom. The maximum atomic E-state index is 13.1. The molecule has 1 aromatic carbocycles. The maximum absolute atomic E-state index is 13.1. The van der Waals surface area contributed by atoms with Crippen molar-refractivity contribution in [3.05, 3.63) is 48.4 Å². The van der Waals surface area contributed by atoms with Crippen LogP contribution in [0.4, 0.5) is 10.1 Å². The van der Waals surface area contributed by atoms with Crippen LogP contribution < -0.4 is 10.1 Å². The fraction of sp³-hybridized carbons (Fsp3) is 0.294. The molecule has 5 nitrogen and oxygen atoms in total. The molecule has 1 saturated heterocycles. The van der Waals surface area contributed by atoms with Gasteiger partial charge < -0.3 is 14.8 Å². The Bertz CT molecular complexity index is 670. The summed E-state index contributed by atoms with van der Waals surface area (Å²) in [5.41, 5.74) is 0.605. The van der Waals surface area contributed by atoms with Crippen LogP contribution in [0.3, 0.4) is 0 Å². The predicted molar refractivity (Wildman–Crippen MR) is 82.9 cm³/mol. The van der Waals surface area contributed by atoms with Gasteiger partial charge in [0.25, 0.3) is 0 Å². The lowest BCUT2D eigenvalue weighted by atomic mass is 9.99. The Morgan fingerprint density at radius 2 is 2.09 bits per heavy atom. The number of nitrogens with one attached hydrogen (secondary N) is 1. The minimum absolute atomic E-state index is 0.0195. The first kappa shape index (κ1) is 15.4. The van der Waals surface area contributed by atoms with Gasteiger partial charge in [-0.05, 0) is 31.0 Å². The summed E-state index contributed by atoms with van der Waals surface area (Å²) < 4.78 is 23.8. The predicted octanol–water partition coefficient (Wildman–Crippen LogP) is 3.38. The van der Waals surface area contributed by atoms with Crippen molar-refractivity contribution in [2.24, 2.45) is 5.92 Å². The van der Waals surface area contributed by atoms with E-state index in [9.17, 15) is 9.18 Å². The molecule has 0 aliphatic carbocycles. The highest BCUT2D eigenvalue weighted by Crippen LogP contribution is 2.22. The van der Waals surface area contributed by atoms with Gasteiger partial charge in [-0.15, -0.1) is 0 Å². The first-order valence-electron chi connectivity index (χ1n) is 7.49. The van der Waals surface area contributed by atoms with Gasteiger partial charge in [0.05, 0.1) is 11.9 Å². The minimum Gasteiger partial charge on any atom is -0.439 e. The number of pyridine rings is 1. The van der Waals surface area contributed by atoms with Crippen molar-refractivity contribution in [3.63, 3.8) is 0 Å². The van der Waals surface area contributed by atoms with Gasteiger partial charge in [-0.2, -0.15) is 0 Å². The van der Waals surface area contributed by atoms with Crippen LogP contribution in [0.1, 0.15) is 12.8 Å². The second kappa shape index (κ2) is 7.19. The molecule has 0 radical (unpaired) electrons. The van der Waals surface area contributed by atoms with E-state index in [0.717, 1.165) is 12.8 Å². The van der Waals surface area contributed by atoms with Crippen molar-refractivity contribution in [1.29, 1.82) is 0 Å². The summed E-state index contributed by atoms with van der Waals surface area (Å²) in [6.45, 7) is 1.24. The SMILES string of the molecule is O=C(Nc1ccc(Oc2cccc(F)c2)nc1)C1CCOCC1. The topological polar surface area (TPSA) is 60.5 Å². The number of anilines is 1. The zero-order chi connectivity index (χ0) is 16.1. The van der Waals surface area contributed by atoms with Gasteiger partial charge in [-0.25, -0.2) is 9.37 Å². The van der Waals surface area contributed by atoms with E-state index >= 15 is 0 Å². The number of benzene rings is 1. The zero-order valence-electron chi connectivity index (χ0n) is 12.5. The molecule has 6 heteroatoms. The summed E-state index contributed by atoms with van der Waals surface area (Å²) in [5, 5.41) is 2.84. The molecule has 1 aromatic heterocycles. The fourth-order valence-electron chi connectivity index (χ4n) is 2.37. The molecule has 0 unspecified atom stereocenters. The van der Waals surface area contributed by atoms with Gasteiger partial charge in [-0.3, -0.25) is 4.79 Å². The van der Waals surface area contributed by atoms with Gasteiger partial charge in [-0.1, -0.05) is 6.07 Å². The van der Waals surface area contributed by atoms with E-state index in [2.05, 4.69) is 10.3 Å². The average molecular weight is 316 g/mol. The molecule has 2 heterocycles. The Labute approximate surface area is 133 Å². The third kappa shape index (κ3) is 4.26. The molecule has 0 atom stereocenters. The number of carbonyl (C=O) groups excluding carboxylic acids is 1. The molecule has 23 heavy (non-hydrogen) atoms. The summed E-state index contributed by atoms with van der Waals surface area (Å²) in [6, 6.07) is 9.17. The Hall–Kier alpha value is -2.47. The number of nitrogens with zero attached hydrogens (tertiary/aromatic N) is 1. The number of rotatable bonds is 4. The van der Waals surface area contributed by atoms with Crippen LogP contribution in [0.15, 0.2) is 42.6 Å². The van der Waals surface area contributed by atoms with Crippen molar-refractivity contribution in [3.8, 4) is 11.6 Å².